The Bertz CT molecular complexity index is 1020. The molecule has 1 heterocycles. The third-order valence-corrected chi connectivity index (χ3v) is 4.74. The Hall–Kier alpha value is -2.83. The number of benzene rings is 2. The Morgan fingerprint density at radius 2 is 1.69 bits per heavy atom. The van der Waals surface area contributed by atoms with Crippen molar-refractivity contribution in [1.29, 1.82) is 0 Å². The van der Waals surface area contributed by atoms with Gasteiger partial charge >= 0.3 is 5.97 Å². The molecular formula is C21H19Cl2N3O3. The number of amides is 1. The molecule has 1 atom stereocenters. The summed E-state index contributed by atoms with van der Waals surface area (Å²) in [6, 6.07) is 11.5. The summed E-state index contributed by atoms with van der Waals surface area (Å²) < 4.78 is 5.26. The predicted molar refractivity (Wildman–Crippen MR) is 113 cm³/mol. The van der Waals surface area contributed by atoms with E-state index in [1.165, 1.54) is 6.92 Å². The van der Waals surface area contributed by atoms with E-state index in [0.717, 1.165) is 22.8 Å². The number of esters is 1. The van der Waals surface area contributed by atoms with Gasteiger partial charge in [0.2, 0.25) is 0 Å². The van der Waals surface area contributed by atoms with Crippen LogP contribution in [0.15, 0.2) is 42.5 Å². The Kier molecular flexibility index (Phi) is 6.25. The van der Waals surface area contributed by atoms with Gasteiger partial charge in [0.05, 0.1) is 11.3 Å². The van der Waals surface area contributed by atoms with Crippen molar-refractivity contribution >= 4 is 40.8 Å². The molecule has 0 aliphatic carbocycles. The molecule has 0 saturated carbocycles. The Morgan fingerprint density at radius 1 is 1.07 bits per heavy atom. The van der Waals surface area contributed by atoms with E-state index in [2.05, 4.69) is 15.3 Å². The average Bonchev–Trinajstić information content (AvgIpc) is 2.99. The lowest BCUT2D eigenvalue weighted by Crippen LogP contribution is -2.30. The lowest BCUT2D eigenvalue weighted by atomic mass is 10.1. The molecule has 0 radical (unpaired) electrons. The molecular weight excluding hydrogens is 413 g/mol. The monoisotopic (exact) mass is 431 g/mol. The highest BCUT2D eigenvalue weighted by Crippen LogP contribution is 2.23. The standard InChI is InChI=1S/C21H19Cl2N3O3/c1-11-12(2)25-19(24-11)14-4-6-15(7-5-14)21(28)29-13(3)20(27)26-18-9-16(22)8-17(23)10-18/h4-10,13H,1-3H3,(H,24,25)(H,26,27). The van der Waals surface area contributed by atoms with Crippen molar-refractivity contribution in [2.45, 2.75) is 26.9 Å². The average molecular weight is 432 g/mol. The fourth-order valence-electron chi connectivity index (χ4n) is 2.60. The van der Waals surface area contributed by atoms with Crippen LogP contribution in [0.1, 0.15) is 28.7 Å². The largest absolute Gasteiger partial charge is 0.449 e. The zero-order valence-corrected chi connectivity index (χ0v) is 17.6. The fourth-order valence-corrected chi connectivity index (χ4v) is 3.13. The van der Waals surface area contributed by atoms with Gasteiger partial charge in [-0.3, -0.25) is 4.79 Å². The Morgan fingerprint density at radius 3 is 2.24 bits per heavy atom. The Labute approximate surface area is 178 Å². The van der Waals surface area contributed by atoms with Crippen LogP contribution in [0.25, 0.3) is 11.4 Å². The molecule has 0 aliphatic heterocycles. The zero-order chi connectivity index (χ0) is 21.1. The zero-order valence-electron chi connectivity index (χ0n) is 16.0. The molecule has 0 saturated heterocycles. The number of imidazole rings is 1. The summed E-state index contributed by atoms with van der Waals surface area (Å²) >= 11 is 11.8. The summed E-state index contributed by atoms with van der Waals surface area (Å²) in [6.45, 7) is 5.36. The minimum atomic E-state index is -1.00. The smallest absolute Gasteiger partial charge is 0.338 e. The van der Waals surface area contributed by atoms with Crippen LogP contribution in [0.5, 0.6) is 0 Å². The van der Waals surface area contributed by atoms with Crippen molar-refractivity contribution in [2.24, 2.45) is 0 Å². The maximum Gasteiger partial charge on any atom is 0.338 e. The van der Waals surface area contributed by atoms with E-state index in [1.807, 2.05) is 13.8 Å². The van der Waals surface area contributed by atoms with Gasteiger partial charge in [-0.05, 0) is 51.1 Å². The molecule has 0 bridgehead atoms. The predicted octanol–water partition coefficient (Wildman–Crippen LogP) is 5.18. The number of carbonyl (C=O) groups excluding carboxylic acids is 2. The minimum absolute atomic E-state index is 0.333. The number of aromatic amines is 1. The topological polar surface area (TPSA) is 84.1 Å². The highest BCUT2D eigenvalue weighted by Gasteiger charge is 2.19. The molecule has 150 valence electrons. The van der Waals surface area contributed by atoms with E-state index >= 15 is 0 Å². The SMILES string of the molecule is Cc1nc(-c2ccc(C(=O)OC(C)C(=O)Nc3cc(Cl)cc(Cl)c3)cc2)[nH]c1C. The van der Waals surface area contributed by atoms with Crippen LogP contribution in [0.4, 0.5) is 5.69 Å². The molecule has 2 N–H and O–H groups in total. The molecule has 6 nitrogen and oxygen atoms in total. The van der Waals surface area contributed by atoms with E-state index < -0.39 is 18.0 Å². The highest BCUT2D eigenvalue weighted by molar-refractivity contribution is 6.35. The first-order valence-corrected chi connectivity index (χ1v) is 9.60. The van der Waals surface area contributed by atoms with E-state index in [0.29, 0.717) is 21.3 Å². The number of H-pyrrole nitrogens is 1. The van der Waals surface area contributed by atoms with Crippen molar-refractivity contribution in [3.05, 3.63) is 69.5 Å². The van der Waals surface area contributed by atoms with Gasteiger partial charge in [-0.25, -0.2) is 9.78 Å². The third-order valence-electron chi connectivity index (χ3n) is 4.31. The van der Waals surface area contributed by atoms with Gasteiger partial charge < -0.3 is 15.0 Å². The number of ether oxygens (including phenoxy) is 1. The molecule has 8 heteroatoms. The first-order chi connectivity index (χ1) is 13.7. The van der Waals surface area contributed by atoms with Crippen molar-refractivity contribution in [3.63, 3.8) is 0 Å². The second-order valence-corrected chi connectivity index (χ2v) is 7.44. The molecule has 0 aliphatic rings. The molecule has 3 rings (SSSR count). The van der Waals surface area contributed by atoms with Crippen LogP contribution in [0, 0.1) is 13.8 Å². The minimum Gasteiger partial charge on any atom is -0.449 e. The lowest BCUT2D eigenvalue weighted by Gasteiger charge is -2.14. The van der Waals surface area contributed by atoms with Crippen LogP contribution >= 0.6 is 23.2 Å². The maximum atomic E-state index is 12.4. The van der Waals surface area contributed by atoms with E-state index in [1.54, 1.807) is 42.5 Å². The van der Waals surface area contributed by atoms with Gasteiger partial charge in [0, 0.05) is 27.0 Å². The molecule has 2 aromatic carbocycles. The summed E-state index contributed by atoms with van der Waals surface area (Å²) in [4.78, 5) is 32.3. The Balaban J connectivity index is 1.63. The molecule has 0 fully saturated rings. The first-order valence-electron chi connectivity index (χ1n) is 8.84. The number of hydrogen-bond donors (Lipinski definition) is 2. The van der Waals surface area contributed by atoms with Gasteiger partial charge in [-0.1, -0.05) is 35.3 Å². The number of nitrogens with zero attached hydrogens (tertiary/aromatic N) is 1. The summed E-state index contributed by atoms with van der Waals surface area (Å²) in [5.41, 5.74) is 3.51. The quantitative estimate of drug-likeness (QED) is 0.544. The summed E-state index contributed by atoms with van der Waals surface area (Å²) in [5.74, 6) is -0.363. The van der Waals surface area contributed by atoms with Gasteiger partial charge in [0.25, 0.3) is 5.91 Å². The molecule has 0 spiro atoms. The first kappa shape index (κ1) is 20.9. The van der Waals surface area contributed by atoms with Crippen LogP contribution in [-0.2, 0) is 9.53 Å². The maximum absolute atomic E-state index is 12.4. The fraction of sp³-hybridized carbons (Fsp3) is 0.190. The number of anilines is 1. The van der Waals surface area contributed by atoms with Gasteiger partial charge in [-0.15, -0.1) is 0 Å². The molecule has 1 unspecified atom stereocenters. The van der Waals surface area contributed by atoms with Crippen LogP contribution < -0.4 is 5.32 Å². The van der Waals surface area contributed by atoms with E-state index in [-0.39, 0.29) is 0 Å². The number of carbonyl (C=O) groups is 2. The van der Waals surface area contributed by atoms with Crippen LogP contribution in [-0.4, -0.2) is 27.9 Å². The number of halogens is 2. The van der Waals surface area contributed by atoms with E-state index in [4.69, 9.17) is 27.9 Å². The van der Waals surface area contributed by atoms with Crippen LogP contribution in [0.2, 0.25) is 10.0 Å². The van der Waals surface area contributed by atoms with Crippen molar-refractivity contribution in [3.8, 4) is 11.4 Å². The summed E-state index contributed by atoms with van der Waals surface area (Å²) in [7, 11) is 0. The second-order valence-electron chi connectivity index (χ2n) is 6.57. The van der Waals surface area contributed by atoms with Crippen molar-refractivity contribution in [1.82, 2.24) is 9.97 Å². The molecule has 1 amide bonds. The normalized spacial score (nSPS) is 11.8. The number of aryl methyl sites for hydroxylation is 2. The second kappa shape index (κ2) is 8.68. The number of hydrogen-bond acceptors (Lipinski definition) is 4. The molecule has 3 aromatic rings. The number of nitrogens with one attached hydrogen (secondary N) is 2. The summed E-state index contributed by atoms with van der Waals surface area (Å²) in [6.07, 6.45) is -1.00. The van der Waals surface area contributed by atoms with Crippen LogP contribution in [0.3, 0.4) is 0 Å². The summed E-state index contributed by atoms with van der Waals surface area (Å²) in [5, 5.41) is 3.40. The lowest BCUT2D eigenvalue weighted by molar-refractivity contribution is -0.123. The van der Waals surface area contributed by atoms with E-state index in [9.17, 15) is 9.59 Å². The highest BCUT2D eigenvalue weighted by atomic mass is 35.5. The molecule has 29 heavy (non-hydrogen) atoms. The van der Waals surface area contributed by atoms with Crippen molar-refractivity contribution < 1.29 is 14.3 Å². The number of rotatable bonds is 5. The molecule has 1 aromatic heterocycles. The van der Waals surface area contributed by atoms with Gasteiger partial charge in [0.15, 0.2) is 6.10 Å². The number of aromatic nitrogens is 2. The third kappa shape index (κ3) is 5.16. The van der Waals surface area contributed by atoms with Gasteiger partial charge in [-0.2, -0.15) is 0 Å². The van der Waals surface area contributed by atoms with Crippen molar-refractivity contribution in [2.75, 3.05) is 5.32 Å². The van der Waals surface area contributed by atoms with Gasteiger partial charge in [0.1, 0.15) is 5.82 Å².